The summed E-state index contributed by atoms with van der Waals surface area (Å²) < 4.78 is 0. The highest BCUT2D eigenvalue weighted by molar-refractivity contribution is 6.09. The zero-order chi connectivity index (χ0) is 42.3. The van der Waals surface area contributed by atoms with Crippen molar-refractivity contribution in [1.82, 2.24) is 40.7 Å². The molecule has 0 radical (unpaired) electrons. The van der Waals surface area contributed by atoms with Crippen molar-refractivity contribution >= 4 is 41.0 Å². The monoisotopic (exact) mass is 830 g/mol. The van der Waals surface area contributed by atoms with E-state index in [1.54, 1.807) is 5.01 Å². The number of amides is 1. The minimum atomic E-state index is -0.0626. The van der Waals surface area contributed by atoms with E-state index in [1.165, 1.54) is 43.4 Å². The van der Waals surface area contributed by atoms with Crippen LogP contribution in [0.2, 0.25) is 0 Å². The van der Waals surface area contributed by atoms with Crippen molar-refractivity contribution in [2.24, 2.45) is 5.92 Å². The van der Waals surface area contributed by atoms with E-state index in [2.05, 4.69) is 109 Å². The first-order valence-electron chi connectivity index (χ1n) is 23.1. The van der Waals surface area contributed by atoms with E-state index in [9.17, 15) is 9.59 Å². The lowest BCUT2D eigenvalue weighted by Gasteiger charge is -2.38. The molecular weight excluding hydrogens is 763 g/mol. The molecule has 0 bridgehead atoms. The van der Waals surface area contributed by atoms with Gasteiger partial charge in [0, 0.05) is 80.5 Å². The Balaban J connectivity index is 0.781. The minimum absolute atomic E-state index is 0.0626. The number of likely N-dealkylation sites (tertiary alicyclic amines) is 1. The summed E-state index contributed by atoms with van der Waals surface area (Å²) in [5, 5.41) is 17.3. The van der Waals surface area contributed by atoms with E-state index < -0.39 is 0 Å². The maximum atomic E-state index is 13.2. The summed E-state index contributed by atoms with van der Waals surface area (Å²) >= 11 is 0. The fraction of sp³-hybridized carbons (Fsp3) is 0.562. The fourth-order valence-electron chi connectivity index (χ4n) is 9.77. The molecule has 1 unspecified atom stereocenters. The molecule has 5 aliphatic rings. The lowest BCUT2D eigenvalue weighted by atomic mass is 9.88. The van der Waals surface area contributed by atoms with Gasteiger partial charge in [0.25, 0.3) is 5.91 Å². The Morgan fingerprint density at radius 1 is 0.918 bits per heavy atom. The summed E-state index contributed by atoms with van der Waals surface area (Å²) in [6, 6.07) is 16.0. The van der Waals surface area contributed by atoms with Gasteiger partial charge in [0.05, 0.1) is 11.3 Å². The lowest BCUT2D eigenvalue weighted by molar-refractivity contribution is 0.0808. The number of benzene rings is 2. The number of likely N-dealkylation sites (N-methyl/N-ethyl adjacent to an activating group) is 1. The summed E-state index contributed by atoms with van der Waals surface area (Å²) in [6.45, 7) is 19.7. The van der Waals surface area contributed by atoms with E-state index in [0.29, 0.717) is 46.9 Å². The first kappa shape index (κ1) is 42.8. The second kappa shape index (κ2) is 19.9. The minimum Gasteiger partial charge on any atom is -0.371 e. The number of anilines is 4. The number of rotatable bonds is 18. The predicted octanol–water partition coefficient (Wildman–Crippen LogP) is 7.20. The molecule has 4 fully saturated rings. The van der Waals surface area contributed by atoms with Crippen LogP contribution in [0.15, 0.2) is 61.3 Å². The van der Waals surface area contributed by atoms with Gasteiger partial charge in [-0.05, 0) is 132 Å². The van der Waals surface area contributed by atoms with Crippen LogP contribution in [-0.4, -0.2) is 120 Å². The lowest BCUT2D eigenvalue weighted by Crippen LogP contribution is -2.49. The van der Waals surface area contributed by atoms with Gasteiger partial charge in [-0.2, -0.15) is 4.98 Å². The summed E-state index contributed by atoms with van der Waals surface area (Å²) in [5.74, 6) is 2.18. The highest BCUT2D eigenvalue weighted by Gasteiger charge is 2.33. The molecular formula is C48H67N11O2. The van der Waals surface area contributed by atoms with Crippen molar-refractivity contribution in [3.63, 3.8) is 0 Å². The van der Waals surface area contributed by atoms with Gasteiger partial charge >= 0.3 is 0 Å². The third-order valence-electron chi connectivity index (χ3n) is 14.0. The molecule has 5 heterocycles. The number of nitrogens with zero attached hydrogens (tertiary/aromatic N) is 8. The van der Waals surface area contributed by atoms with E-state index >= 15 is 0 Å². The molecule has 3 saturated heterocycles. The normalized spacial score (nSPS) is 20.6. The van der Waals surface area contributed by atoms with E-state index in [1.807, 2.05) is 6.07 Å². The fourth-order valence-corrected chi connectivity index (χ4v) is 9.77. The number of nitrogens with one attached hydrogen (secondary N) is 3. The smallest absolute Gasteiger partial charge is 0.277 e. The van der Waals surface area contributed by atoms with Gasteiger partial charge in [0.15, 0.2) is 17.8 Å². The molecule has 326 valence electrons. The zero-order valence-electron chi connectivity index (χ0n) is 36.6. The van der Waals surface area contributed by atoms with Crippen molar-refractivity contribution in [1.29, 1.82) is 0 Å². The first-order valence-corrected chi connectivity index (χ1v) is 23.1. The van der Waals surface area contributed by atoms with Crippen molar-refractivity contribution in [3.8, 4) is 0 Å². The topological polar surface area (TPSA) is 125 Å². The number of allylic oxidation sites excluding steroid dienone is 1. The predicted molar refractivity (Wildman–Crippen MR) is 245 cm³/mol. The molecule has 1 atom stereocenters. The molecule has 4 aliphatic heterocycles. The van der Waals surface area contributed by atoms with Crippen LogP contribution in [0.25, 0.3) is 5.70 Å². The Kier molecular flexibility index (Phi) is 14.0. The van der Waals surface area contributed by atoms with Gasteiger partial charge in [-0.25, -0.2) is 5.01 Å². The molecule has 1 saturated carbocycles. The number of aromatic nitrogens is 3. The van der Waals surface area contributed by atoms with Crippen molar-refractivity contribution in [3.05, 3.63) is 83.7 Å². The molecule has 13 nitrogen and oxygen atoms in total. The van der Waals surface area contributed by atoms with Crippen molar-refractivity contribution in [2.45, 2.75) is 102 Å². The van der Waals surface area contributed by atoms with Crippen LogP contribution in [0, 0.1) is 5.92 Å². The molecule has 8 rings (SSSR count). The molecule has 1 amide bonds. The molecule has 1 aromatic heterocycles. The molecule has 1 aliphatic carbocycles. The number of carbonyl (C=O) groups excluding carboxylic acids is 2. The first-order chi connectivity index (χ1) is 29.8. The number of hydrogen-bond acceptors (Lipinski definition) is 12. The van der Waals surface area contributed by atoms with E-state index in [4.69, 9.17) is 4.98 Å². The molecule has 61 heavy (non-hydrogen) atoms. The Bertz CT molecular complexity index is 2000. The van der Waals surface area contributed by atoms with Gasteiger partial charge in [-0.1, -0.05) is 45.1 Å². The number of fused-ring (bicyclic) bond motifs is 1. The van der Waals surface area contributed by atoms with Crippen LogP contribution in [-0.2, 0) is 0 Å². The van der Waals surface area contributed by atoms with E-state index in [0.717, 1.165) is 127 Å². The largest absolute Gasteiger partial charge is 0.371 e. The van der Waals surface area contributed by atoms with Gasteiger partial charge in [0.1, 0.15) is 0 Å². The van der Waals surface area contributed by atoms with Gasteiger partial charge in [0.2, 0.25) is 5.95 Å². The van der Waals surface area contributed by atoms with E-state index in [-0.39, 0.29) is 11.6 Å². The Morgan fingerprint density at radius 3 is 2.43 bits per heavy atom. The maximum absolute atomic E-state index is 13.2. The standard InChI is InChI=1S/C48H67N11O2/c1-5-6-9-34(2)54-59-35(3)44-30-41(17-18-43(44)47(59)61)57-27-19-36(20-28-57)31-56-25-21-38(22-26-56)37-13-15-40(16-14-37)50-46-45(33-60)52-53-48(51-46)58-24-8-12-42(32-58)55(4)29-23-49-39-10-7-11-39/h13-18,30,33,36,38-39,42,49,54H,2-3,5-12,19-29,31-32H2,1,4H3,(H,50,51,53). The van der Waals surface area contributed by atoms with Gasteiger partial charge in [-0.15, -0.1) is 10.2 Å². The molecule has 13 heteroatoms. The van der Waals surface area contributed by atoms with Crippen LogP contribution in [0.1, 0.15) is 122 Å². The number of carbonyl (C=O) groups is 2. The second-order valence-electron chi connectivity index (χ2n) is 18.2. The molecule has 2 aromatic carbocycles. The van der Waals surface area contributed by atoms with Crippen LogP contribution in [0.3, 0.4) is 0 Å². The molecule has 0 spiro atoms. The number of aldehydes is 1. The Hall–Kier alpha value is -4.85. The van der Waals surface area contributed by atoms with Gasteiger partial charge < -0.3 is 30.2 Å². The van der Waals surface area contributed by atoms with Gasteiger partial charge in [-0.3, -0.25) is 15.0 Å². The number of piperidine rings is 3. The maximum Gasteiger partial charge on any atom is 0.277 e. The number of unbranched alkanes of at least 4 members (excludes halogenated alkanes) is 1. The highest BCUT2D eigenvalue weighted by atomic mass is 16.2. The van der Waals surface area contributed by atoms with Crippen molar-refractivity contribution < 1.29 is 9.59 Å². The van der Waals surface area contributed by atoms with Crippen LogP contribution >= 0.6 is 0 Å². The SMILES string of the molecule is C=C(CCCC)NN1C(=C)c2cc(N3CCC(CN4CCC(c5ccc(Nc6nc(N7CCCC(N(C)CCNC8CCC8)C7)nnc6C=O)cc5)CC4)CC3)ccc2C1=O. The summed E-state index contributed by atoms with van der Waals surface area (Å²) in [4.78, 5) is 39.8. The Labute approximate surface area is 363 Å². The van der Waals surface area contributed by atoms with Crippen molar-refractivity contribution in [2.75, 3.05) is 81.1 Å². The third kappa shape index (κ3) is 10.3. The number of hydrazine groups is 1. The number of hydrogen-bond donors (Lipinski definition) is 3. The van der Waals surface area contributed by atoms with Crippen LogP contribution in [0.4, 0.5) is 23.1 Å². The van der Waals surface area contributed by atoms with Crippen LogP contribution in [0.5, 0.6) is 0 Å². The Morgan fingerprint density at radius 2 is 1.70 bits per heavy atom. The average molecular weight is 830 g/mol. The second-order valence-corrected chi connectivity index (χ2v) is 18.2. The summed E-state index contributed by atoms with van der Waals surface area (Å²) in [6.07, 6.45) is 14.5. The summed E-state index contributed by atoms with van der Waals surface area (Å²) in [5.41, 5.74) is 9.98. The third-order valence-corrected chi connectivity index (χ3v) is 14.0. The zero-order valence-corrected chi connectivity index (χ0v) is 36.6. The van der Waals surface area contributed by atoms with Crippen LogP contribution < -0.4 is 25.9 Å². The molecule has 3 aromatic rings. The average Bonchev–Trinajstić information content (AvgIpc) is 3.51. The summed E-state index contributed by atoms with van der Waals surface area (Å²) in [7, 11) is 2.22. The highest BCUT2D eigenvalue weighted by Crippen LogP contribution is 2.36. The molecule has 3 N–H and O–H groups in total. The quantitative estimate of drug-likeness (QED) is 0.112.